The van der Waals surface area contributed by atoms with Crippen LogP contribution in [0.2, 0.25) is 0 Å². The molecular weight excluding hydrogens is 210 g/mol. The molecule has 1 heterocycles. The molecule has 0 saturated carbocycles. The van der Waals surface area contributed by atoms with E-state index in [1.165, 1.54) is 26.1 Å². The highest BCUT2D eigenvalue weighted by Crippen LogP contribution is 2.13. The predicted molar refractivity (Wildman–Crippen MR) is 75.5 cm³/mol. The van der Waals surface area contributed by atoms with Gasteiger partial charge >= 0.3 is 0 Å². The van der Waals surface area contributed by atoms with Gasteiger partial charge in [0.05, 0.1) is 0 Å². The van der Waals surface area contributed by atoms with Crippen LogP contribution >= 0.6 is 0 Å². The lowest BCUT2D eigenvalue weighted by Gasteiger charge is -2.42. The van der Waals surface area contributed by atoms with Crippen molar-refractivity contribution < 1.29 is 0 Å². The highest BCUT2D eigenvalue weighted by atomic mass is 15.3. The van der Waals surface area contributed by atoms with Gasteiger partial charge in [-0.25, -0.2) is 0 Å². The van der Waals surface area contributed by atoms with Crippen LogP contribution in [0.15, 0.2) is 0 Å². The Hall–Kier alpha value is -0.120. The third kappa shape index (κ3) is 5.36. The van der Waals surface area contributed by atoms with Crippen molar-refractivity contribution in [2.24, 2.45) is 5.92 Å². The van der Waals surface area contributed by atoms with Gasteiger partial charge in [0.1, 0.15) is 0 Å². The molecule has 1 rings (SSSR count). The van der Waals surface area contributed by atoms with Crippen LogP contribution in [0.5, 0.6) is 0 Å². The number of hydrogen-bond donors (Lipinski definition) is 1. The quantitative estimate of drug-likeness (QED) is 0.713. The van der Waals surface area contributed by atoms with Crippen LogP contribution in [0.25, 0.3) is 0 Å². The van der Waals surface area contributed by atoms with Gasteiger partial charge in [-0.15, -0.1) is 0 Å². The van der Waals surface area contributed by atoms with E-state index in [1.54, 1.807) is 0 Å². The van der Waals surface area contributed by atoms with Gasteiger partial charge in [-0.05, 0) is 52.9 Å². The molecule has 17 heavy (non-hydrogen) atoms. The standard InChI is InChI=1S/C14H31N3/c1-12(2)9-15-7-6-8-17-10-13(3)16(5)14(4)11-17/h12-15H,6-11H2,1-5H3. The molecule has 1 saturated heterocycles. The zero-order valence-electron chi connectivity index (χ0n) is 12.4. The Morgan fingerprint density at radius 2 is 1.76 bits per heavy atom. The van der Waals surface area contributed by atoms with E-state index in [1.807, 2.05) is 0 Å². The third-order valence-electron chi connectivity index (χ3n) is 3.82. The van der Waals surface area contributed by atoms with Crippen LogP contribution in [0.4, 0.5) is 0 Å². The Morgan fingerprint density at radius 1 is 1.18 bits per heavy atom. The topological polar surface area (TPSA) is 18.5 Å². The minimum atomic E-state index is 0.697. The number of rotatable bonds is 6. The van der Waals surface area contributed by atoms with E-state index in [0.29, 0.717) is 12.1 Å². The second-order valence-electron chi connectivity index (χ2n) is 6.07. The molecule has 0 aromatic rings. The fourth-order valence-electron chi connectivity index (χ4n) is 2.51. The molecule has 3 nitrogen and oxygen atoms in total. The second-order valence-corrected chi connectivity index (χ2v) is 6.07. The minimum absolute atomic E-state index is 0.697. The minimum Gasteiger partial charge on any atom is -0.316 e. The van der Waals surface area contributed by atoms with E-state index < -0.39 is 0 Å². The molecule has 0 amide bonds. The maximum Gasteiger partial charge on any atom is 0.0195 e. The summed E-state index contributed by atoms with van der Waals surface area (Å²) in [6.07, 6.45) is 1.27. The summed E-state index contributed by atoms with van der Waals surface area (Å²) in [6.45, 7) is 15.2. The van der Waals surface area contributed by atoms with Gasteiger partial charge in [-0.2, -0.15) is 0 Å². The van der Waals surface area contributed by atoms with E-state index in [2.05, 4.69) is 49.9 Å². The summed E-state index contributed by atoms with van der Waals surface area (Å²) in [5, 5.41) is 3.52. The lowest BCUT2D eigenvalue weighted by Crippen LogP contribution is -2.55. The van der Waals surface area contributed by atoms with E-state index in [0.717, 1.165) is 19.0 Å². The van der Waals surface area contributed by atoms with Gasteiger partial charge in [-0.1, -0.05) is 13.8 Å². The van der Waals surface area contributed by atoms with E-state index in [-0.39, 0.29) is 0 Å². The van der Waals surface area contributed by atoms with Crippen molar-refractivity contribution in [3.05, 3.63) is 0 Å². The van der Waals surface area contributed by atoms with Gasteiger partial charge in [0.15, 0.2) is 0 Å². The van der Waals surface area contributed by atoms with Gasteiger partial charge in [0, 0.05) is 25.2 Å². The van der Waals surface area contributed by atoms with Crippen LogP contribution < -0.4 is 5.32 Å². The first kappa shape index (κ1) is 14.9. The van der Waals surface area contributed by atoms with Crippen molar-refractivity contribution in [1.82, 2.24) is 15.1 Å². The molecule has 0 aromatic heterocycles. The molecule has 1 aliphatic rings. The lowest BCUT2D eigenvalue weighted by atomic mass is 10.1. The van der Waals surface area contributed by atoms with Gasteiger partial charge in [0.2, 0.25) is 0 Å². The lowest BCUT2D eigenvalue weighted by molar-refractivity contribution is 0.0595. The summed E-state index contributed by atoms with van der Waals surface area (Å²) in [4.78, 5) is 5.11. The predicted octanol–water partition coefficient (Wildman–Crippen LogP) is 1.65. The molecular formula is C14H31N3. The van der Waals surface area contributed by atoms with Crippen molar-refractivity contribution in [3.63, 3.8) is 0 Å². The number of nitrogens with one attached hydrogen (secondary N) is 1. The first-order chi connectivity index (χ1) is 8.00. The van der Waals surface area contributed by atoms with Crippen LogP contribution in [0.1, 0.15) is 34.1 Å². The molecule has 0 radical (unpaired) electrons. The number of hydrogen-bond acceptors (Lipinski definition) is 3. The molecule has 1 N–H and O–H groups in total. The van der Waals surface area contributed by atoms with Gasteiger partial charge in [0.25, 0.3) is 0 Å². The van der Waals surface area contributed by atoms with Gasteiger partial charge in [-0.3, -0.25) is 4.90 Å². The van der Waals surface area contributed by atoms with Crippen LogP contribution in [-0.2, 0) is 0 Å². The van der Waals surface area contributed by atoms with Crippen molar-refractivity contribution in [2.75, 3.05) is 39.8 Å². The zero-order chi connectivity index (χ0) is 12.8. The fourth-order valence-corrected chi connectivity index (χ4v) is 2.51. The molecule has 2 atom stereocenters. The molecule has 1 fully saturated rings. The summed E-state index contributed by atoms with van der Waals surface area (Å²) >= 11 is 0. The maximum atomic E-state index is 3.52. The van der Waals surface area contributed by atoms with Crippen molar-refractivity contribution >= 4 is 0 Å². The Morgan fingerprint density at radius 3 is 2.29 bits per heavy atom. The molecule has 2 unspecified atom stereocenters. The maximum absolute atomic E-state index is 3.52. The largest absolute Gasteiger partial charge is 0.316 e. The zero-order valence-corrected chi connectivity index (χ0v) is 12.4. The van der Waals surface area contributed by atoms with E-state index in [9.17, 15) is 0 Å². The number of piperazine rings is 1. The monoisotopic (exact) mass is 241 g/mol. The smallest absolute Gasteiger partial charge is 0.0195 e. The van der Waals surface area contributed by atoms with Crippen LogP contribution in [-0.4, -0.2) is 61.7 Å². The fraction of sp³-hybridized carbons (Fsp3) is 1.00. The summed E-state index contributed by atoms with van der Waals surface area (Å²) in [7, 11) is 2.25. The Balaban J connectivity index is 2.11. The number of likely N-dealkylation sites (N-methyl/N-ethyl adjacent to an activating group) is 1. The van der Waals surface area contributed by atoms with Crippen LogP contribution in [0, 0.1) is 5.92 Å². The Labute approximate surface area is 108 Å². The first-order valence-electron chi connectivity index (χ1n) is 7.15. The van der Waals surface area contributed by atoms with Gasteiger partial charge < -0.3 is 10.2 Å². The molecule has 1 aliphatic heterocycles. The first-order valence-corrected chi connectivity index (χ1v) is 7.15. The van der Waals surface area contributed by atoms with E-state index >= 15 is 0 Å². The second kappa shape index (κ2) is 7.34. The molecule has 0 bridgehead atoms. The van der Waals surface area contributed by atoms with E-state index in [4.69, 9.17) is 0 Å². The Bertz CT molecular complexity index is 194. The third-order valence-corrected chi connectivity index (χ3v) is 3.82. The van der Waals surface area contributed by atoms with Crippen LogP contribution in [0.3, 0.4) is 0 Å². The summed E-state index contributed by atoms with van der Waals surface area (Å²) in [5.74, 6) is 0.763. The Kier molecular flexibility index (Phi) is 6.45. The summed E-state index contributed by atoms with van der Waals surface area (Å²) < 4.78 is 0. The summed E-state index contributed by atoms with van der Waals surface area (Å²) in [5.41, 5.74) is 0. The molecule has 0 aromatic carbocycles. The van der Waals surface area contributed by atoms with Crippen molar-refractivity contribution in [1.29, 1.82) is 0 Å². The van der Waals surface area contributed by atoms with Crippen molar-refractivity contribution in [2.45, 2.75) is 46.2 Å². The average Bonchev–Trinajstić information content (AvgIpc) is 2.25. The highest BCUT2D eigenvalue weighted by Gasteiger charge is 2.25. The molecule has 0 aliphatic carbocycles. The average molecular weight is 241 g/mol. The molecule has 0 spiro atoms. The normalized spacial score (nSPS) is 27.9. The van der Waals surface area contributed by atoms with Crippen molar-refractivity contribution in [3.8, 4) is 0 Å². The summed E-state index contributed by atoms with van der Waals surface area (Å²) in [6, 6.07) is 1.39. The SMILES string of the molecule is CC(C)CNCCCN1CC(C)N(C)C(C)C1. The molecule has 3 heteroatoms. The number of nitrogens with zero attached hydrogens (tertiary/aromatic N) is 2. The highest BCUT2D eigenvalue weighted by molar-refractivity contribution is 4.82. The molecule has 102 valence electrons.